The van der Waals surface area contributed by atoms with Gasteiger partial charge in [-0.15, -0.1) is 0 Å². The molecule has 0 fully saturated rings. The zero-order chi connectivity index (χ0) is 24.3. The van der Waals surface area contributed by atoms with E-state index in [-0.39, 0.29) is 6.67 Å². The molecular formula is C27H27ClN4O2. The van der Waals surface area contributed by atoms with Crippen molar-refractivity contribution in [3.05, 3.63) is 95.9 Å². The van der Waals surface area contributed by atoms with Gasteiger partial charge in [0.1, 0.15) is 17.6 Å². The molecule has 4 aromatic rings. The number of anilines is 2. The van der Waals surface area contributed by atoms with E-state index in [0.29, 0.717) is 16.7 Å². The quantitative estimate of drug-likeness (QED) is 0.237. The van der Waals surface area contributed by atoms with E-state index in [1.54, 1.807) is 6.20 Å². The number of benzene rings is 2. The Labute approximate surface area is 204 Å². The average Bonchev–Trinajstić information content (AvgIpc) is 2.82. The summed E-state index contributed by atoms with van der Waals surface area (Å²) < 4.78 is 0. The third-order valence-corrected chi connectivity index (χ3v) is 5.95. The molecule has 2 heterocycles. The highest BCUT2D eigenvalue weighted by Crippen LogP contribution is 2.39. The lowest BCUT2D eigenvalue weighted by Crippen LogP contribution is -2.46. The van der Waals surface area contributed by atoms with E-state index in [2.05, 4.69) is 9.97 Å². The van der Waals surface area contributed by atoms with Gasteiger partial charge in [-0.3, -0.25) is 9.88 Å². The maximum Gasteiger partial charge on any atom is 0.409 e. The van der Waals surface area contributed by atoms with Crippen LogP contribution in [0.15, 0.2) is 85.1 Å². The lowest BCUT2D eigenvalue weighted by molar-refractivity contribution is 0.0812. The molecule has 0 bridgehead atoms. The SMILES string of the molecule is CC(C)(C)C(c1ccccn1)N(CN(c1ccccc1)c1cc2ccccc2c(Cl)n1)C(=O)O. The van der Waals surface area contributed by atoms with E-state index in [1.165, 1.54) is 4.90 Å². The van der Waals surface area contributed by atoms with Crippen molar-refractivity contribution in [2.45, 2.75) is 26.8 Å². The molecule has 0 radical (unpaired) electrons. The highest BCUT2D eigenvalue weighted by molar-refractivity contribution is 6.34. The zero-order valence-electron chi connectivity index (χ0n) is 19.4. The monoisotopic (exact) mass is 474 g/mol. The number of pyridine rings is 2. The Hall–Kier alpha value is -3.64. The second-order valence-corrected chi connectivity index (χ2v) is 9.53. The van der Waals surface area contributed by atoms with Crippen LogP contribution in [0.2, 0.25) is 5.15 Å². The standard InChI is InChI=1S/C27H27ClN4O2/c1-27(2,3)24(22-15-9-10-16-29-22)32(26(33)34)18-31(20-12-5-4-6-13-20)23-17-19-11-7-8-14-21(19)25(28)30-23/h4-17,24H,18H2,1-3H3,(H,33,34). The lowest BCUT2D eigenvalue weighted by Gasteiger charge is -2.40. The van der Waals surface area contributed by atoms with Crippen LogP contribution in [0.1, 0.15) is 32.5 Å². The van der Waals surface area contributed by atoms with Crippen molar-refractivity contribution in [2.24, 2.45) is 5.41 Å². The smallest absolute Gasteiger partial charge is 0.409 e. The number of carboxylic acid groups (broad SMARTS) is 1. The maximum absolute atomic E-state index is 12.7. The largest absolute Gasteiger partial charge is 0.465 e. The summed E-state index contributed by atoms with van der Waals surface area (Å²) in [7, 11) is 0. The van der Waals surface area contributed by atoms with Crippen LogP contribution in [0, 0.1) is 5.41 Å². The third kappa shape index (κ3) is 4.97. The fourth-order valence-electron chi connectivity index (χ4n) is 4.19. The lowest BCUT2D eigenvalue weighted by atomic mass is 9.83. The molecule has 4 rings (SSSR count). The fraction of sp³-hybridized carbons (Fsp3) is 0.222. The first-order valence-corrected chi connectivity index (χ1v) is 11.4. The van der Waals surface area contributed by atoms with Crippen molar-refractivity contribution in [3.8, 4) is 0 Å². The minimum Gasteiger partial charge on any atom is -0.465 e. The molecule has 0 aliphatic rings. The predicted octanol–water partition coefficient (Wildman–Crippen LogP) is 7.15. The summed E-state index contributed by atoms with van der Waals surface area (Å²) in [6, 6.07) is 24.3. The van der Waals surface area contributed by atoms with E-state index >= 15 is 0 Å². The van der Waals surface area contributed by atoms with Gasteiger partial charge in [0.15, 0.2) is 0 Å². The molecule has 174 valence electrons. The first kappa shape index (κ1) is 23.5. The van der Waals surface area contributed by atoms with Gasteiger partial charge in [0.05, 0.1) is 11.7 Å². The molecule has 2 aromatic carbocycles. The van der Waals surface area contributed by atoms with Crippen LogP contribution in [0.4, 0.5) is 16.3 Å². The van der Waals surface area contributed by atoms with Gasteiger partial charge in [0.25, 0.3) is 0 Å². The molecule has 0 saturated carbocycles. The van der Waals surface area contributed by atoms with E-state index in [4.69, 9.17) is 11.6 Å². The zero-order valence-corrected chi connectivity index (χ0v) is 20.1. The van der Waals surface area contributed by atoms with E-state index in [0.717, 1.165) is 16.5 Å². The Balaban J connectivity index is 1.84. The molecule has 7 heteroatoms. The van der Waals surface area contributed by atoms with Gasteiger partial charge in [0, 0.05) is 17.3 Å². The summed E-state index contributed by atoms with van der Waals surface area (Å²) in [5, 5.41) is 12.5. The van der Waals surface area contributed by atoms with Gasteiger partial charge in [-0.1, -0.05) is 80.9 Å². The molecule has 6 nitrogen and oxygen atoms in total. The normalized spacial score (nSPS) is 12.4. The first-order valence-electron chi connectivity index (χ1n) is 11.0. The van der Waals surface area contributed by atoms with Gasteiger partial charge in [0.2, 0.25) is 0 Å². The van der Waals surface area contributed by atoms with Gasteiger partial charge >= 0.3 is 6.09 Å². The Morgan fingerprint density at radius 1 is 1.00 bits per heavy atom. The minimum absolute atomic E-state index is 0.0412. The van der Waals surface area contributed by atoms with Crippen molar-refractivity contribution in [3.63, 3.8) is 0 Å². The van der Waals surface area contributed by atoms with Gasteiger partial charge < -0.3 is 10.0 Å². The Kier molecular flexibility index (Phi) is 6.70. The fourth-order valence-corrected chi connectivity index (χ4v) is 4.45. The molecule has 34 heavy (non-hydrogen) atoms. The average molecular weight is 475 g/mol. The Bertz CT molecular complexity index is 1280. The molecule has 0 spiro atoms. The van der Waals surface area contributed by atoms with Crippen LogP contribution in [0.25, 0.3) is 10.8 Å². The first-order chi connectivity index (χ1) is 16.3. The molecule has 2 aromatic heterocycles. The number of hydrogen-bond acceptors (Lipinski definition) is 4. The second-order valence-electron chi connectivity index (χ2n) is 9.17. The number of nitrogens with zero attached hydrogens (tertiary/aromatic N) is 4. The third-order valence-electron chi connectivity index (χ3n) is 5.66. The minimum atomic E-state index is -1.04. The molecular weight excluding hydrogens is 448 g/mol. The number of aromatic nitrogens is 2. The summed E-state index contributed by atoms with van der Waals surface area (Å²) in [5.74, 6) is 0.565. The number of carbonyl (C=O) groups is 1. The second kappa shape index (κ2) is 9.69. The number of rotatable bonds is 6. The van der Waals surface area contributed by atoms with Gasteiger partial charge in [-0.2, -0.15) is 0 Å². The van der Waals surface area contributed by atoms with Gasteiger partial charge in [-0.05, 0) is 41.1 Å². The molecule has 1 amide bonds. The van der Waals surface area contributed by atoms with Gasteiger partial charge in [-0.25, -0.2) is 9.78 Å². The topological polar surface area (TPSA) is 69.6 Å². The Morgan fingerprint density at radius 2 is 1.68 bits per heavy atom. The van der Waals surface area contributed by atoms with Crippen LogP contribution in [-0.4, -0.2) is 32.7 Å². The van der Waals surface area contributed by atoms with Crippen LogP contribution >= 0.6 is 11.6 Å². The summed E-state index contributed by atoms with van der Waals surface area (Å²) >= 11 is 6.55. The van der Waals surface area contributed by atoms with Crippen LogP contribution in [-0.2, 0) is 0 Å². The van der Waals surface area contributed by atoms with Crippen molar-refractivity contribution < 1.29 is 9.90 Å². The number of halogens is 1. The number of para-hydroxylation sites is 1. The Morgan fingerprint density at radius 3 is 2.32 bits per heavy atom. The molecule has 1 N–H and O–H groups in total. The maximum atomic E-state index is 12.7. The molecule has 1 atom stereocenters. The molecule has 1 unspecified atom stereocenters. The van der Waals surface area contributed by atoms with Crippen molar-refractivity contribution >= 4 is 40.0 Å². The van der Waals surface area contributed by atoms with Crippen LogP contribution in [0.3, 0.4) is 0 Å². The number of amides is 1. The summed E-state index contributed by atoms with van der Waals surface area (Å²) in [4.78, 5) is 25.1. The van der Waals surface area contributed by atoms with Crippen LogP contribution < -0.4 is 4.90 Å². The van der Waals surface area contributed by atoms with Crippen molar-refractivity contribution in [2.75, 3.05) is 11.6 Å². The van der Waals surface area contributed by atoms with E-state index in [9.17, 15) is 9.90 Å². The highest BCUT2D eigenvalue weighted by atomic mass is 35.5. The van der Waals surface area contributed by atoms with Crippen molar-refractivity contribution in [1.82, 2.24) is 14.9 Å². The number of fused-ring (bicyclic) bond motifs is 1. The van der Waals surface area contributed by atoms with E-state index in [1.807, 2.05) is 105 Å². The number of hydrogen-bond donors (Lipinski definition) is 1. The summed E-state index contributed by atoms with van der Waals surface area (Å²) in [6.45, 7) is 6.08. The van der Waals surface area contributed by atoms with E-state index < -0.39 is 17.6 Å². The van der Waals surface area contributed by atoms with Crippen molar-refractivity contribution in [1.29, 1.82) is 0 Å². The summed E-state index contributed by atoms with van der Waals surface area (Å²) in [6.07, 6.45) is 0.645. The predicted molar refractivity (Wildman–Crippen MR) is 136 cm³/mol. The summed E-state index contributed by atoms with van der Waals surface area (Å²) in [5.41, 5.74) is 1.08. The molecule has 0 aliphatic heterocycles. The molecule has 0 aliphatic carbocycles. The van der Waals surface area contributed by atoms with Crippen LogP contribution in [0.5, 0.6) is 0 Å². The molecule has 0 saturated heterocycles. The highest BCUT2D eigenvalue weighted by Gasteiger charge is 2.37.